The van der Waals surface area contributed by atoms with Crippen LogP contribution in [0.3, 0.4) is 0 Å². The van der Waals surface area contributed by atoms with Crippen LogP contribution in [0.15, 0.2) is 44.7 Å². The third-order valence-corrected chi connectivity index (χ3v) is 6.38. The van der Waals surface area contributed by atoms with Gasteiger partial charge in [0.2, 0.25) is 10.0 Å². The molecule has 23 heavy (non-hydrogen) atoms. The average molecular weight is 348 g/mol. The van der Waals surface area contributed by atoms with Crippen molar-refractivity contribution in [2.24, 2.45) is 0 Å². The van der Waals surface area contributed by atoms with Gasteiger partial charge in [-0.15, -0.1) is 11.3 Å². The van der Waals surface area contributed by atoms with Crippen LogP contribution in [0.2, 0.25) is 0 Å². The molecule has 0 saturated heterocycles. The number of pyridine rings is 1. The molecule has 0 atom stereocenters. The molecule has 0 aliphatic heterocycles. The third-order valence-electron chi connectivity index (χ3n) is 3.58. The summed E-state index contributed by atoms with van der Waals surface area (Å²) in [6.45, 7) is 3.87. The lowest BCUT2D eigenvalue weighted by molar-refractivity contribution is 0.583. The Hall–Kier alpha value is -1.96. The molecule has 2 heterocycles. The van der Waals surface area contributed by atoms with Gasteiger partial charge in [0.05, 0.1) is 5.52 Å². The Morgan fingerprint density at radius 3 is 2.70 bits per heavy atom. The minimum Gasteiger partial charge on any atom is -0.321 e. The zero-order valence-corrected chi connectivity index (χ0v) is 14.3. The number of aryl methyl sites for hydroxylation is 2. The molecule has 0 aliphatic rings. The number of hydrogen-bond donors (Lipinski definition) is 2. The van der Waals surface area contributed by atoms with Gasteiger partial charge < -0.3 is 4.98 Å². The summed E-state index contributed by atoms with van der Waals surface area (Å²) in [7, 11) is -3.59. The molecule has 2 N–H and O–H groups in total. The largest absolute Gasteiger partial charge is 0.321 e. The van der Waals surface area contributed by atoms with E-state index < -0.39 is 10.0 Å². The van der Waals surface area contributed by atoms with Gasteiger partial charge in [0.1, 0.15) is 4.21 Å². The Bertz CT molecular complexity index is 1020. The summed E-state index contributed by atoms with van der Waals surface area (Å²) in [5.74, 6) is 0. The van der Waals surface area contributed by atoms with Crippen molar-refractivity contribution in [3.63, 3.8) is 0 Å². The maximum absolute atomic E-state index is 12.2. The first-order chi connectivity index (χ1) is 10.9. The highest BCUT2D eigenvalue weighted by Crippen LogP contribution is 2.19. The number of H-pyrrole nitrogens is 1. The molecule has 0 spiro atoms. The minimum absolute atomic E-state index is 0.0432. The van der Waals surface area contributed by atoms with Gasteiger partial charge in [0.25, 0.3) is 5.56 Å². The molecule has 0 bridgehead atoms. The maximum Gasteiger partial charge on any atom is 0.252 e. The quantitative estimate of drug-likeness (QED) is 0.761. The second kappa shape index (κ2) is 5.92. The smallest absolute Gasteiger partial charge is 0.252 e. The molecule has 3 aromatic rings. The highest BCUT2D eigenvalue weighted by molar-refractivity contribution is 7.91. The van der Waals surface area contributed by atoms with Crippen molar-refractivity contribution < 1.29 is 8.42 Å². The fourth-order valence-corrected chi connectivity index (χ4v) is 4.57. The Morgan fingerprint density at radius 2 is 2.00 bits per heavy atom. The van der Waals surface area contributed by atoms with Crippen molar-refractivity contribution in [3.8, 4) is 0 Å². The van der Waals surface area contributed by atoms with Crippen LogP contribution >= 0.6 is 11.3 Å². The summed E-state index contributed by atoms with van der Waals surface area (Å²) < 4.78 is 27.0. The lowest BCUT2D eigenvalue weighted by atomic mass is 10.1. The van der Waals surface area contributed by atoms with Crippen molar-refractivity contribution in [2.45, 2.75) is 24.6 Å². The molecule has 0 saturated carbocycles. The van der Waals surface area contributed by atoms with E-state index in [4.69, 9.17) is 0 Å². The molecule has 120 valence electrons. The molecule has 0 radical (unpaired) electrons. The summed E-state index contributed by atoms with van der Waals surface area (Å²) in [4.78, 5) is 15.0. The number of sulfonamides is 1. The Balaban J connectivity index is 1.95. The van der Waals surface area contributed by atoms with Gasteiger partial charge in [-0.1, -0.05) is 17.7 Å². The number of nitrogens with one attached hydrogen (secondary N) is 2. The van der Waals surface area contributed by atoms with Gasteiger partial charge in [0.15, 0.2) is 0 Å². The molecule has 7 heteroatoms. The molecular weight excluding hydrogens is 332 g/mol. The second-order valence-electron chi connectivity index (χ2n) is 5.43. The predicted octanol–water partition coefficient (Wildman–Crippen LogP) is 2.68. The number of aromatic nitrogens is 1. The number of benzene rings is 1. The first-order valence-corrected chi connectivity index (χ1v) is 9.39. The zero-order valence-electron chi connectivity index (χ0n) is 12.7. The summed E-state index contributed by atoms with van der Waals surface area (Å²) in [6, 6.07) is 8.91. The number of aromatic amines is 1. The van der Waals surface area contributed by atoms with E-state index >= 15 is 0 Å². The van der Waals surface area contributed by atoms with Gasteiger partial charge in [-0.05, 0) is 48.4 Å². The molecule has 1 aromatic carbocycles. The molecule has 5 nitrogen and oxygen atoms in total. The Morgan fingerprint density at radius 1 is 1.22 bits per heavy atom. The van der Waals surface area contributed by atoms with Crippen LogP contribution in [0.25, 0.3) is 10.9 Å². The van der Waals surface area contributed by atoms with E-state index in [1.807, 2.05) is 26.0 Å². The van der Waals surface area contributed by atoms with Crippen molar-refractivity contribution in [1.82, 2.24) is 9.71 Å². The Kier molecular flexibility index (Phi) is 4.09. The van der Waals surface area contributed by atoms with Crippen LogP contribution in [-0.2, 0) is 16.6 Å². The van der Waals surface area contributed by atoms with E-state index in [2.05, 4.69) is 9.71 Å². The maximum atomic E-state index is 12.2. The SMILES string of the molecule is Cc1cc(C)c2[nH]c(=O)c(CNS(=O)(=O)c3cccs3)cc2c1. The van der Waals surface area contributed by atoms with Crippen LogP contribution in [0.1, 0.15) is 16.7 Å². The lowest BCUT2D eigenvalue weighted by Gasteiger charge is -2.08. The topological polar surface area (TPSA) is 79.0 Å². The van der Waals surface area contributed by atoms with E-state index in [1.54, 1.807) is 17.5 Å². The highest BCUT2D eigenvalue weighted by atomic mass is 32.2. The van der Waals surface area contributed by atoms with Crippen LogP contribution in [0.5, 0.6) is 0 Å². The van der Waals surface area contributed by atoms with E-state index in [0.29, 0.717) is 5.56 Å². The lowest BCUT2D eigenvalue weighted by Crippen LogP contribution is -2.26. The number of rotatable bonds is 4. The van der Waals surface area contributed by atoms with Crippen LogP contribution in [0, 0.1) is 13.8 Å². The first kappa shape index (κ1) is 15.9. The van der Waals surface area contributed by atoms with E-state index in [0.717, 1.165) is 33.4 Å². The monoisotopic (exact) mass is 348 g/mol. The number of hydrogen-bond acceptors (Lipinski definition) is 4. The van der Waals surface area contributed by atoms with E-state index in [1.165, 1.54) is 6.07 Å². The van der Waals surface area contributed by atoms with Crippen LogP contribution in [-0.4, -0.2) is 13.4 Å². The normalized spacial score (nSPS) is 11.9. The van der Waals surface area contributed by atoms with Gasteiger partial charge in [-0.25, -0.2) is 13.1 Å². The van der Waals surface area contributed by atoms with Crippen molar-refractivity contribution in [3.05, 3.63) is 62.8 Å². The molecule has 0 fully saturated rings. The minimum atomic E-state index is -3.59. The second-order valence-corrected chi connectivity index (χ2v) is 8.37. The summed E-state index contributed by atoms with van der Waals surface area (Å²) in [5, 5.41) is 2.59. The van der Waals surface area contributed by atoms with Gasteiger partial charge in [0, 0.05) is 12.1 Å². The van der Waals surface area contributed by atoms with E-state index in [-0.39, 0.29) is 16.3 Å². The molecule has 2 aromatic heterocycles. The number of fused-ring (bicyclic) bond motifs is 1. The van der Waals surface area contributed by atoms with Crippen LogP contribution in [0.4, 0.5) is 0 Å². The summed E-state index contributed by atoms with van der Waals surface area (Å²) >= 11 is 1.14. The molecule has 0 unspecified atom stereocenters. The van der Waals surface area contributed by atoms with Crippen molar-refractivity contribution in [2.75, 3.05) is 0 Å². The molecule has 3 rings (SSSR count). The van der Waals surface area contributed by atoms with Gasteiger partial charge in [-0.3, -0.25) is 4.79 Å². The Labute approximate surface area is 138 Å². The summed E-state index contributed by atoms with van der Waals surface area (Å²) in [5.41, 5.74) is 2.97. The predicted molar refractivity (Wildman–Crippen MR) is 92.4 cm³/mol. The fraction of sp³-hybridized carbons (Fsp3) is 0.188. The van der Waals surface area contributed by atoms with Crippen molar-refractivity contribution in [1.29, 1.82) is 0 Å². The highest BCUT2D eigenvalue weighted by Gasteiger charge is 2.15. The van der Waals surface area contributed by atoms with Crippen molar-refractivity contribution >= 4 is 32.3 Å². The third kappa shape index (κ3) is 3.21. The van der Waals surface area contributed by atoms with Gasteiger partial charge in [-0.2, -0.15) is 0 Å². The number of thiophene rings is 1. The summed E-state index contributed by atoms with van der Waals surface area (Å²) in [6.07, 6.45) is 0. The molecule has 0 amide bonds. The zero-order chi connectivity index (χ0) is 16.6. The molecule has 0 aliphatic carbocycles. The molecular formula is C16H16N2O3S2. The fourth-order valence-electron chi connectivity index (χ4n) is 2.52. The average Bonchev–Trinajstić information content (AvgIpc) is 3.01. The first-order valence-electron chi connectivity index (χ1n) is 7.03. The standard InChI is InChI=1S/C16H16N2O3S2/c1-10-6-11(2)15-12(7-10)8-13(16(19)18-15)9-17-23(20,21)14-4-3-5-22-14/h3-8,17H,9H2,1-2H3,(H,18,19). The van der Waals surface area contributed by atoms with E-state index in [9.17, 15) is 13.2 Å². The van der Waals surface area contributed by atoms with Crippen LogP contribution < -0.4 is 10.3 Å². The van der Waals surface area contributed by atoms with Gasteiger partial charge >= 0.3 is 0 Å².